The summed E-state index contributed by atoms with van der Waals surface area (Å²) in [6.07, 6.45) is 3.86. The molecule has 0 amide bonds. The Morgan fingerprint density at radius 2 is 2.00 bits per heavy atom. The van der Waals surface area contributed by atoms with Crippen LogP contribution in [0.25, 0.3) is 22.1 Å². The van der Waals surface area contributed by atoms with Gasteiger partial charge in [0.1, 0.15) is 0 Å². The number of imidazole rings is 1. The Hall–Kier alpha value is -3.04. The van der Waals surface area contributed by atoms with E-state index in [2.05, 4.69) is 9.97 Å². The maximum Gasteiger partial charge on any atom is 0.332 e. The number of aliphatic hydroxyl groups is 1. The third-order valence-electron chi connectivity index (χ3n) is 5.87. The molecule has 0 bridgehead atoms. The summed E-state index contributed by atoms with van der Waals surface area (Å²) in [7, 11) is 3.21. The Balaban J connectivity index is 0.000000334. The Kier molecular flexibility index (Phi) is 5.63. The van der Waals surface area contributed by atoms with Gasteiger partial charge in [-0.25, -0.2) is 4.79 Å². The maximum atomic E-state index is 12.8. The number of hydrogen-bond donors (Lipinski definition) is 3. The molecule has 3 heterocycles. The van der Waals surface area contributed by atoms with Gasteiger partial charge in [-0.3, -0.25) is 13.9 Å². The van der Waals surface area contributed by atoms with Crippen molar-refractivity contribution in [3.05, 3.63) is 55.8 Å². The fourth-order valence-electron chi connectivity index (χ4n) is 3.71. The van der Waals surface area contributed by atoms with Gasteiger partial charge < -0.3 is 20.4 Å². The first-order chi connectivity index (χ1) is 14.8. The lowest BCUT2D eigenvalue weighted by atomic mass is 9.86. The van der Waals surface area contributed by atoms with E-state index in [-0.39, 0.29) is 23.7 Å². The molecule has 0 aliphatic heterocycles. The zero-order chi connectivity index (χ0) is 22.3. The summed E-state index contributed by atoms with van der Waals surface area (Å²) in [5, 5.41) is 9.84. The number of nitrogens with one attached hydrogen (secondary N) is 1. The number of aliphatic hydroxyl groups excluding tert-OH is 1. The minimum Gasteiger partial charge on any atom is -0.396 e. The van der Waals surface area contributed by atoms with Gasteiger partial charge in [0.15, 0.2) is 11.2 Å². The molecular weight excluding hydrogens is 420 g/mol. The second kappa shape index (κ2) is 8.24. The van der Waals surface area contributed by atoms with Gasteiger partial charge in [-0.05, 0) is 37.0 Å². The summed E-state index contributed by atoms with van der Waals surface area (Å²) < 4.78 is 3.96. The molecule has 1 saturated carbocycles. The standard InChI is InChI=1S/C16H15ClN6O2.C5H10O/c1-21-12-13(20-15(21)18)22(2)16(25)23(14(12)24)7-8-6-9-10(17)4-3-5-11(9)19-8;6-4-5-2-1-3-5/h3-6,19H,7H2,1-2H3,(H2,18,20);5-6H,1-4H2. The molecule has 1 aliphatic rings. The number of fused-ring (bicyclic) bond motifs is 2. The quantitative estimate of drug-likeness (QED) is 0.445. The number of aromatic nitrogens is 5. The highest BCUT2D eigenvalue weighted by Gasteiger charge is 2.18. The highest BCUT2D eigenvalue weighted by molar-refractivity contribution is 6.35. The second-order valence-corrected chi connectivity index (χ2v) is 8.32. The van der Waals surface area contributed by atoms with Crippen molar-refractivity contribution in [3.8, 4) is 0 Å². The van der Waals surface area contributed by atoms with Gasteiger partial charge in [-0.15, -0.1) is 0 Å². The van der Waals surface area contributed by atoms with Crippen LogP contribution in [-0.2, 0) is 20.6 Å². The molecule has 164 valence electrons. The molecule has 5 rings (SSSR count). The Morgan fingerprint density at radius 3 is 2.58 bits per heavy atom. The van der Waals surface area contributed by atoms with Crippen LogP contribution in [0.4, 0.5) is 5.95 Å². The molecule has 1 fully saturated rings. The number of anilines is 1. The number of nitrogen functional groups attached to an aromatic ring is 1. The van der Waals surface area contributed by atoms with Gasteiger partial charge >= 0.3 is 5.69 Å². The zero-order valence-corrected chi connectivity index (χ0v) is 18.2. The van der Waals surface area contributed by atoms with Crippen molar-refractivity contribution in [2.45, 2.75) is 25.8 Å². The number of aromatic amines is 1. The molecule has 3 aromatic heterocycles. The first kappa shape index (κ1) is 21.2. The summed E-state index contributed by atoms with van der Waals surface area (Å²) in [5.41, 5.74) is 6.99. The average molecular weight is 445 g/mol. The molecule has 1 aromatic carbocycles. The number of benzene rings is 1. The van der Waals surface area contributed by atoms with E-state index in [1.807, 2.05) is 18.2 Å². The van der Waals surface area contributed by atoms with Crippen molar-refractivity contribution in [2.24, 2.45) is 20.0 Å². The first-order valence-corrected chi connectivity index (χ1v) is 10.5. The number of halogens is 1. The van der Waals surface area contributed by atoms with E-state index in [0.29, 0.717) is 23.2 Å². The van der Waals surface area contributed by atoms with Crippen molar-refractivity contribution in [1.29, 1.82) is 0 Å². The molecule has 31 heavy (non-hydrogen) atoms. The maximum absolute atomic E-state index is 12.8. The van der Waals surface area contributed by atoms with Gasteiger partial charge in [0.2, 0.25) is 5.95 Å². The molecule has 4 aromatic rings. The van der Waals surface area contributed by atoms with Gasteiger partial charge in [-0.2, -0.15) is 4.98 Å². The van der Waals surface area contributed by atoms with E-state index in [1.54, 1.807) is 20.2 Å². The van der Waals surface area contributed by atoms with E-state index >= 15 is 0 Å². The fourth-order valence-corrected chi connectivity index (χ4v) is 3.94. The number of rotatable bonds is 3. The van der Waals surface area contributed by atoms with Crippen molar-refractivity contribution in [2.75, 3.05) is 12.3 Å². The summed E-state index contributed by atoms with van der Waals surface area (Å²) in [6, 6.07) is 7.35. The van der Waals surface area contributed by atoms with Crippen LogP contribution in [0.2, 0.25) is 5.02 Å². The first-order valence-electron chi connectivity index (χ1n) is 10.1. The summed E-state index contributed by atoms with van der Waals surface area (Å²) in [5.74, 6) is 0.849. The van der Waals surface area contributed by atoms with Crippen LogP contribution < -0.4 is 17.0 Å². The van der Waals surface area contributed by atoms with E-state index < -0.39 is 11.2 Å². The molecule has 0 spiro atoms. The number of hydrogen-bond acceptors (Lipinski definition) is 5. The van der Waals surface area contributed by atoms with Crippen LogP contribution in [0.5, 0.6) is 0 Å². The predicted molar refractivity (Wildman–Crippen MR) is 121 cm³/mol. The van der Waals surface area contributed by atoms with Crippen molar-refractivity contribution >= 4 is 39.6 Å². The third kappa shape index (κ3) is 3.75. The number of H-pyrrole nitrogens is 1. The van der Waals surface area contributed by atoms with Gasteiger partial charge in [0, 0.05) is 42.3 Å². The minimum atomic E-state index is -0.458. The summed E-state index contributed by atoms with van der Waals surface area (Å²) in [4.78, 5) is 32.7. The predicted octanol–water partition coefficient (Wildman–Crippen LogP) is 1.98. The van der Waals surface area contributed by atoms with Crippen molar-refractivity contribution in [3.63, 3.8) is 0 Å². The smallest absolute Gasteiger partial charge is 0.332 e. The topological polar surface area (TPSA) is 124 Å². The van der Waals surface area contributed by atoms with Crippen LogP contribution in [0, 0.1) is 5.92 Å². The normalized spacial score (nSPS) is 13.9. The molecule has 1 aliphatic carbocycles. The summed E-state index contributed by atoms with van der Waals surface area (Å²) >= 11 is 6.18. The van der Waals surface area contributed by atoms with E-state index in [9.17, 15) is 9.59 Å². The van der Waals surface area contributed by atoms with Crippen LogP contribution >= 0.6 is 11.6 Å². The molecule has 10 heteroatoms. The highest BCUT2D eigenvalue weighted by Crippen LogP contribution is 2.25. The Morgan fingerprint density at radius 1 is 1.26 bits per heavy atom. The van der Waals surface area contributed by atoms with E-state index in [1.165, 1.54) is 28.4 Å². The lowest BCUT2D eigenvalue weighted by Gasteiger charge is -2.21. The fraction of sp³-hybridized carbons (Fsp3) is 0.381. The third-order valence-corrected chi connectivity index (χ3v) is 6.20. The van der Waals surface area contributed by atoms with Crippen LogP contribution in [0.15, 0.2) is 33.9 Å². The summed E-state index contributed by atoms with van der Waals surface area (Å²) in [6.45, 7) is 0.511. The number of nitrogens with zero attached hydrogens (tertiary/aromatic N) is 4. The second-order valence-electron chi connectivity index (χ2n) is 7.91. The van der Waals surface area contributed by atoms with Gasteiger partial charge in [0.25, 0.3) is 5.56 Å². The number of nitrogens with two attached hydrogens (primary N) is 1. The van der Waals surface area contributed by atoms with E-state index in [4.69, 9.17) is 22.4 Å². The van der Waals surface area contributed by atoms with Crippen LogP contribution in [0.1, 0.15) is 25.0 Å². The Labute approximate surface area is 182 Å². The SMILES string of the molecule is Cn1c(N)nc2c1c(=O)n(Cc1cc3c(Cl)cccc3[nH]1)c(=O)n2C.OCC1CCC1. The van der Waals surface area contributed by atoms with Crippen molar-refractivity contribution in [1.82, 2.24) is 23.7 Å². The minimum absolute atomic E-state index is 0.0948. The molecule has 9 nitrogen and oxygen atoms in total. The Bertz CT molecular complexity index is 1370. The highest BCUT2D eigenvalue weighted by atomic mass is 35.5. The lowest BCUT2D eigenvalue weighted by molar-refractivity contribution is 0.163. The van der Waals surface area contributed by atoms with Crippen LogP contribution in [-0.4, -0.2) is 35.4 Å². The monoisotopic (exact) mass is 444 g/mol. The largest absolute Gasteiger partial charge is 0.396 e. The molecule has 0 atom stereocenters. The molecule has 0 saturated heterocycles. The van der Waals surface area contributed by atoms with Crippen molar-refractivity contribution < 1.29 is 5.11 Å². The van der Waals surface area contributed by atoms with E-state index in [0.717, 1.165) is 15.5 Å². The number of aryl methyl sites for hydroxylation is 2. The van der Waals surface area contributed by atoms with Crippen LogP contribution in [0.3, 0.4) is 0 Å². The molecule has 0 unspecified atom stereocenters. The lowest BCUT2D eigenvalue weighted by Crippen LogP contribution is -2.39. The zero-order valence-electron chi connectivity index (χ0n) is 17.4. The molecule has 0 radical (unpaired) electrons. The molecule has 4 N–H and O–H groups in total. The van der Waals surface area contributed by atoms with Gasteiger partial charge in [0.05, 0.1) is 6.54 Å². The average Bonchev–Trinajstić information content (AvgIpc) is 3.25. The molecular formula is C21H25ClN6O3. The van der Waals surface area contributed by atoms with Gasteiger partial charge in [-0.1, -0.05) is 24.1 Å².